The summed E-state index contributed by atoms with van der Waals surface area (Å²) in [6.45, 7) is 9.09. The lowest BCUT2D eigenvalue weighted by molar-refractivity contribution is -0.148. The van der Waals surface area contributed by atoms with E-state index in [0.29, 0.717) is 0 Å². The molecule has 0 amide bonds. The number of methoxy groups -OCH3 is 1. The standard InChI is InChI=1S/C15H32N2O2/c1-6-8-9-12-17(4)13-10-15(3,14(18)19-5)16-11-7-2/h16H,6-13H2,1-5H3. The third kappa shape index (κ3) is 7.53. The maximum atomic E-state index is 11.9. The van der Waals surface area contributed by atoms with Crippen LogP contribution in [0.5, 0.6) is 0 Å². The zero-order valence-electron chi connectivity index (χ0n) is 13.4. The highest BCUT2D eigenvalue weighted by Gasteiger charge is 2.33. The van der Waals surface area contributed by atoms with E-state index in [9.17, 15) is 4.79 Å². The van der Waals surface area contributed by atoms with E-state index in [4.69, 9.17) is 4.74 Å². The first-order valence-corrected chi connectivity index (χ1v) is 7.52. The molecule has 0 fully saturated rings. The zero-order valence-corrected chi connectivity index (χ0v) is 13.4. The van der Waals surface area contributed by atoms with Gasteiger partial charge in [-0.3, -0.25) is 4.79 Å². The van der Waals surface area contributed by atoms with Gasteiger partial charge in [-0.05, 0) is 46.3 Å². The lowest BCUT2D eigenvalue weighted by Crippen LogP contribution is -2.52. The lowest BCUT2D eigenvalue weighted by atomic mass is 9.97. The molecule has 0 bridgehead atoms. The summed E-state index contributed by atoms with van der Waals surface area (Å²) in [6.07, 6.45) is 5.53. The van der Waals surface area contributed by atoms with E-state index in [1.54, 1.807) is 0 Å². The summed E-state index contributed by atoms with van der Waals surface area (Å²) < 4.78 is 4.92. The number of carbonyl (C=O) groups is 1. The second-order valence-corrected chi connectivity index (χ2v) is 5.51. The Morgan fingerprint density at radius 1 is 1.21 bits per heavy atom. The smallest absolute Gasteiger partial charge is 0.325 e. The Balaban J connectivity index is 4.21. The van der Waals surface area contributed by atoms with Gasteiger partial charge in [-0.25, -0.2) is 0 Å². The number of ether oxygens (including phenoxy) is 1. The van der Waals surface area contributed by atoms with Gasteiger partial charge in [0.05, 0.1) is 7.11 Å². The van der Waals surface area contributed by atoms with Crippen molar-refractivity contribution in [1.82, 2.24) is 10.2 Å². The van der Waals surface area contributed by atoms with Crippen molar-refractivity contribution < 1.29 is 9.53 Å². The largest absolute Gasteiger partial charge is 0.468 e. The molecule has 0 spiro atoms. The summed E-state index contributed by atoms with van der Waals surface area (Å²) in [5, 5.41) is 3.32. The van der Waals surface area contributed by atoms with Gasteiger partial charge in [0, 0.05) is 6.54 Å². The van der Waals surface area contributed by atoms with Crippen molar-refractivity contribution in [3.8, 4) is 0 Å². The van der Waals surface area contributed by atoms with Crippen LogP contribution in [0.15, 0.2) is 0 Å². The molecule has 0 heterocycles. The topological polar surface area (TPSA) is 41.6 Å². The molecular weight excluding hydrogens is 240 g/mol. The van der Waals surface area contributed by atoms with Gasteiger partial charge in [0.1, 0.15) is 5.54 Å². The van der Waals surface area contributed by atoms with E-state index in [1.807, 2.05) is 6.92 Å². The molecule has 19 heavy (non-hydrogen) atoms. The van der Waals surface area contributed by atoms with Crippen LogP contribution in [0, 0.1) is 0 Å². The highest BCUT2D eigenvalue weighted by molar-refractivity contribution is 5.80. The van der Waals surface area contributed by atoms with Gasteiger partial charge in [0.2, 0.25) is 0 Å². The Morgan fingerprint density at radius 2 is 1.89 bits per heavy atom. The van der Waals surface area contributed by atoms with Crippen molar-refractivity contribution in [2.24, 2.45) is 0 Å². The number of unbranched alkanes of at least 4 members (excludes halogenated alkanes) is 2. The number of carbonyl (C=O) groups excluding carboxylic acids is 1. The molecule has 4 heteroatoms. The predicted molar refractivity (Wildman–Crippen MR) is 80.4 cm³/mol. The third-order valence-corrected chi connectivity index (χ3v) is 3.54. The molecule has 0 aliphatic rings. The number of rotatable bonds is 11. The summed E-state index contributed by atoms with van der Waals surface area (Å²) in [5.74, 6) is -0.164. The Morgan fingerprint density at radius 3 is 2.42 bits per heavy atom. The SMILES string of the molecule is CCCCCN(C)CCC(C)(NCCC)C(=O)OC. The van der Waals surface area contributed by atoms with Gasteiger partial charge in [-0.2, -0.15) is 0 Å². The van der Waals surface area contributed by atoms with Crippen LogP contribution in [0.2, 0.25) is 0 Å². The van der Waals surface area contributed by atoms with Crippen molar-refractivity contribution in [3.63, 3.8) is 0 Å². The molecule has 1 N–H and O–H groups in total. The predicted octanol–water partition coefficient (Wildman–Crippen LogP) is 2.43. The molecule has 4 nitrogen and oxygen atoms in total. The fraction of sp³-hybridized carbons (Fsp3) is 0.933. The normalized spacial score (nSPS) is 14.4. The monoisotopic (exact) mass is 272 g/mol. The molecule has 0 aromatic carbocycles. The van der Waals surface area contributed by atoms with E-state index in [1.165, 1.54) is 26.4 Å². The van der Waals surface area contributed by atoms with Gasteiger partial charge in [-0.15, -0.1) is 0 Å². The minimum Gasteiger partial charge on any atom is -0.468 e. The van der Waals surface area contributed by atoms with E-state index in [-0.39, 0.29) is 5.97 Å². The second kappa shape index (κ2) is 10.2. The minimum absolute atomic E-state index is 0.164. The van der Waals surface area contributed by atoms with Gasteiger partial charge < -0.3 is 15.0 Å². The highest BCUT2D eigenvalue weighted by atomic mass is 16.5. The summed E-state index contributed by atoms with van der Waals surface area (Å²) >= 11 is 0. The summed E-state index contributed by atoms with van der Waals surface area (Å²) in [5.41, 5.74) is -0.566. The Labute approximate surface area is 118 Å². The zero-order chi connectivity index (χ0) is 14.7. The van der Waals surface area contributed by atoms with Gasteiger partial charge in [-0.1, -0.05) is 26.7 Å². The van der Waals surface area contributed by atoms with Crippen LogP contribution in [-0.4, -0.2) is 50.2 Å². The molecule has 0 aliphatic heterocycles. The average molecular weight is 272 g/mol. The van der Waals surface area contributed by atoms with Crippen LogP contribution >= 0.6 is 0 Å². The fourth-order valence-corrected chi connectivity index (χ4v) is 2.05. The minimum atomic E-state index is -0.566. The van der Waals surface area contributed by atoms with Crippen molar-refractivity contribution in [1.29, 1.82) is 0 Å². The van der Waals surface area contributed by atoms with Crippen LogP contribution in [0.25, 0.3) is 0 Å². The van der Waals surface area contributed by atoms with E-state index in [0.717, 1.165) is 32.5 Å². The number of esters is 1. The van der Waals surface area contributed by atoms with Crippen molar-refractivity contribution in [2.75, 3.05) is 33.8 Å². The lowest BCUT2D eigenvalue weighted by Gasteiger charge is -2.30. The molecule has 0 saturated carbocycles. The summed E-state index contributed by atoms with van der Waals surface area (Å²) in [7, 11) is 3.58. The molecule has 0 aromatic rings. The van der Waals surface area contributed by atoms with E-state index >= 15 is 0 Å². The quantitative estimate of drug-likeness (QED) is 0.463. The molecule has 0 rings (SSSR count). The maximum absolute atomic E-state index is 11.9. The number of nitrogens with one attached hydrogen (secondary N) is 1. The van der Waals surface area contributed by atoms with Gasteiger partial charge in [0.25, 0.3) is 0 Å². The van der Waals surface area contributed by atoms with Gasteiger partial charge >= 0.3 is 5.97 Å². The Bertz CT molecular complexity index is 246. The molecule has 0 radical (unpaired) electrons. The van der Waals surface area contributed by atoms with Crippen LogP contribution in [-0.2, 0) is 9.53 Å². The molecule has 1 atom stereocenters. The first-order valence-electron chi connectivity index (χ1n) is 7.52. The van der Waals surface area contributed by atoms with Gasteiger partial charge in [0.15, 0.2) is 0 Å². The van der Waals surface area contributed by atoms with Crippen LogP contribution in [0.4, 0.5) is 0 Å². The van der Waals surface area contributed by atoms with Crippen LogP contribution in [0.1, 0.15) is 52.9 Å². The van der Waals surface area contributed by atoms with E-state index < -0.39 is 5.54 Å². The molecular formula is C15H32N2O2. The van der Waals surface area contributed by atoms with Crippen molar-refractivity contribution in [3.05, 3.63) is 0 Å². The molecule has 1 unspecified atom stereocenters. The number of hydrogen-bond donors (Lipinski definition) is 1. The third-order valence-electron chi connectivity index (χ3n) is 3.54. The molecule has 114 valence electrons. The molecule has 0 aromatic heterocycles. The Hall–Kier alpha value is -0.610. The van der Waals surface area contributed by atoms with Crippen LogP contribution in [0.3, 0.4) is 0 Å². The van der Waals surface area contributed by atoms with Crippen molar-refractivity contribution in [2.45, 2.75) is 58.4 Å². The molecule has 0 aliphatic carbocycles. The highest BCUT2D eigenvalue weighted by Crippen LogP contribution is 2.13. The fourth-order valence-electron chi connectivity index (χ4n) is 2.05. The maximum Gasteiger partial charge on any atom is 0.325 e. The van der Waals surface area contributed by atoms with Crippen molar-refractivity contribution >= 4 is 5.97 Å². The first kappa shape index (κ1) is 18.4. The number of hydrogen-bond acceptors (Lipinski definition) is 4. The summed E-state index contributed by atoms with van der Waals surface area (Å²) in [6, 6.07) is 0. The number of nitrogens with zero attached hydrogens (tertiary/aromatic N) is 1. The molecule has 0 saturated heterocycles. The Kier molecular flexibility index (Phi) is 9.88. The first-order chi connectivity index (χ1) is 9.00. The van der Waals surface area contributed by atoms with E-state index in [2.05, 4.69) is 31.1 Å². The summed E-state index contributed by atoms with van der Waals surface area (Å²) in [4.78, 5) is 14.2. The average Bonchev–Trinajstić information content (AvgIpc) is 2.42. The second-order valence-electron chi connectivity index (χ2n) is 5.51. The van der Waals surface area contributed by atoms with Crippen LogP contribution < -0.4 is 5.32 Å².